The SMILES string of the molecule is CCOc1ccc(NC(=O)[C@H]2[C@H]3C(=O)N([C@H](CO)c4ccccc4)C(C(=O)Nc4cc(C)ccc4C)C34CC[C@]2(CC)O4)cc1. The standard InChI is InChI=1S/C36H41N3O6/c1-5-35-18-19-36(45-35)30(29(35)32(41)37-25-14-16-26(17-15-25)44-6-2)34(43)39(28(21-40)24-10-8-7-9-11-24)31(36)33(42)38-27-20-22(3)12-13-23(27)4/h7-17,20,28-31,40H,5-6,18-19,21H2,1-4H3,(H,37,41)(H,38,42)/t28-,29-,30+,31?,35+,36?/m1/s1. The third-order valence-corrected chi connectivity index (χ3v) is 9.93. The minimum atomic E-state index is -1.24. The molecule has 3 fully saturated rings. The van der Waals surface area contributed by atoms with Crippen LogP contribution in [-0.4, -0.2) is 58.2 Å². The maximum atomic E-state index is 14.7. The van der Waals surface area contributed by atoms with Crippen LogP contribution in [-0.2, 0) is 19.1 Å². The second kappa shape index (κ2) is 11.9. The zero-order valence-electron chi connectivity index (χ0n) is 26.2. The van der Waals surface area contributed by atoms with Crippen molar-refractivity contribution in [1.29, 1.82) is 0 Å². The third kappa shape index (κ3) is 5.08. The first kappa shape index (κ1) is 30.8. The van der Waals surface area contributed by atoms with Gasteiger partial charge in [-0.1, -0.05) is 49.4 Å². The van der Waals surface area contributed by atoms with Crippen molar-refractivity contribution in [2.75, 3.05) is 23.8 Å². The first-order valence-corrected chi connectivity index (χ1v) is 15.8. The van der Waals surface area contributed by atoms with Crippen LogP contribution < -0.4 is 15.4 Å². The fraction of sp³-hybridized carbons (Fsp3) is 0.417. The van der Waals surface area contributed by atoms with Crippen LogP contribution in [0.3, 0.4) is 0 Å². The van der Waals surface area contributed by atoms with Gasteiger partial charge in [-0.05, 0) is 87.1 Å². The number of aryl methyl sites for hydroxylation is 2. The lowest BCUT2D eigenvalue weighted by Gasteiger charge is -2.37. The summed E-state index contributed by atoms with van der Waals surface area (Å²) >= 11 is 0. The smallest absolute Gasteiger partial charge is 0.250 e. The van der Waals surface area contributed by atoms with Crippen molar-refractivity contribution >= 4 is 29.1 Å². The summed E-state index contributed by atoms with van der Waals surface area (Å²) in [5, 5.41) is 16.8. The van der Waals surface area contributed by atoms with Crippen molar-refractivity contribution < 1.29 is 29.0 Å². The maximum Gasteiger partial charge on any atom is 0.250 e. The first-order valence-electron chi connectivity index (χ1n) is 15.8. The van der Waals surface area contributed by atoms with E-state index >= 15 is 0 Å². The highest BCUT2D eigenvalue weighted by Crippen LogP contribution is 2.65. The number of carbonyl (C=O) groups excluding carboxylic acids is 3. The molecule has 3 aliphatic heterocycles. The van der Waals surface area contributed by atoms with Crippen LogP contribution in [0.5, 0.6) is 5.75 Å². The topological polar surface area (TPSA) is 117 Å². The van der Waals surface area contributed by atoms with Gasteiger partial charge in [-0.25, -0.2) is 0 Å². The average Bonchev–Trinajstić information content (AvgIpc) is 3.65. The normalized spacial score (nSPS) is 27.3. The van der Waals surface area contributed by atoms with Crippen molar-refractivity contribution in [1.82, 2.24) is 4.90 Å². The highest BCUT2D eigenvalue weighted by atomic mass is 16.5. The van der Waals surface area contributed by atoms with Gasteiger partial charge in [0.2, 0.25) is 17.7 Å². The second-order valence-corrected chi connectivity index (χ2v) is 12.4. The van der Waals surface area contributed by atoms with E-state index in [2.05, 4.69) is 10.6 Å². The Hall–Kier alpha value is -4.21. The van der Waals surface area contributed by atoms with Gasteiger partial charge in [0.25, 0.3) is 0 Å². The Morgan fingerprint density at radius 2 is 1.73 bits per heavy atom. The van der Waals surface area contributed by atoms with Crippen LogP contribution in [0.25, 0.3) is 0 Å². The number of aliphatic hydroxyl groups is 1. The molecule has 3 amide bonds. The van der Waals surface area contributed by atoms with Gasteiger partial charge in [-0.3, -0.25) is 14.4 Å². The van der Waals surface area contributed by atoms with Crippen molar-refractivity contribution in [3.05, 3.63) is 89.5 Å². The van der Waals surface area contributed by atoms with Crippen molar-refractivity contribution in [3.63, 3.8) is 0 Å². The molecule has 0 saturated carbocycles. The highest BCUT2D eigenvalue weighted by molar-refractivity contribution is 6.05. The lowest BCUT2D eigenvalue weighted by Crippen LogP contribution is -2.54. The zero-order chi connectivity index (χ0) is 31.9. The molecule has 6 rings (SSSR count). The summed E-state index contributed by atoms with van der Waals surface area (Å²) in [7, 11) is 0. The zero-order valence-corrected chi connectivity index (χ0v) is 26.2. The van der Waals surface area contributed by atoms with E-state index in [0.29, 0.717) is 48.6 Å². The summed E-state index contributed by atoms with van der Waals surface area (Å²) in [6.45, 7) is 7.87. The predicted octanol–water partition coefficient (Wildman–Crippen LogP) is 5.17. The van der Waals surface area contributed by atoms with Gasteiger partial charge < -0.3 is 30.1 Å². The Morgan fingerprint density at radius 1 is 1.00 bits per heavy atom. The molecule has 3 saturated heterocycles. The Labute approximate surface area is 263 Å². The molecule has 3 aromatic rings. The number of ether oxygens (including phenoxy) is 2. The molecule has 6 atom stereocenters. The van der Waals surface area contributed by atoms with Crippen LogP contribution in [0.15, 0.2) is 72.8 Å². The molecule has 2 unspecified atom stereocenters. The van der Waals surface area contributed by atoms with Gasteiger partial charge >= 0.3 is 0 Å². The summed E-state index contributed by atoms with van der Waals surface area (Å²) in [4.78, 5) is 44.9. The van der Waals surface area contributed by atoms with Crippen LogP contribution in [0, 0.1) is 25.7 Å². The lowest BCUT2D eigenvalue weighted by atomic mass is 9.65. The van der Waals surface area contributed by atoms with Gasteiger partial charge in [0.15, 0.2) is 0 Å². The fourth-order valence-electron chi connectivity index (χ4n) is 7.81. The van der Waals surface area contributed by atoms with Crippen molar-refractivity contribution in [2.24, 2.45) is 11.8 Å². The Bertz CT molecular complexity index is 1590. The number of hydrogen-bond acceptors (Lipinski definition) is 6. The Kier molecular flexibility index (Phi) is 8.18. The number of likely N-dealkylation sites (tertiary alicyclic amines) is 1. The molecule has 0 aromatic heterocycles. The molecule has 9 heteroatoms. The molecule has 3 aliphatic rings. The van der Waals surface area contributed by atoms with E-state index in [4.69, 9.17) is 9.47 Å². The number of anilines is 2. The summed E-state index contributed by atoms with van der Waals surface area (Å²) < 4.78 is 12.5. The monoisotopic (exact) mass is 611 g/mol. The van der Waals surface area contributed by atoms with Crippen LogP contribution in [0.4, 0.5) is 11.4 Å². The minimum absolute atomic E-state index is 0.322. The molecule has 0 radical (unpaired) electrons. The second-order valence-electron chi connectivity index (χ2n) is 12.4. The molecule has 0 aliphatic carbocycles. The molecule has 236 valence electrons. The van der Waals surface area contributed by atoms with E-state index in [1.165, 1.54) is 4.90 Å². The summed E-state index contributed by atoms with van der Waals surface area (Å²) in [5.41, 5.74) is 1.65. The van der Waals surface area contributed by atoms with Gasteiger partial charge in [-0.15, -0.1) is 0 Å². The lowest BCUT2D eigenvalue weighted by molar-refractivity contribution is -0.148. The van der Waals surface area contributed by atoms with Crippen molar-refractivity contribution in [2.45, 2.75) is 70.2 Å². The van der Waals surface area contributed by atoms with E-state index < -0.39 is 47.6 Å². The quantitative estimate of drug-likeness (QED) is 0.291. The number of fused-ring (bicyclic) bond motifs is 1. The van der Waals surface area contributed by atoms with Crippen molar-refractivity contribution in [3.8, 4) is 5.75 Å². The van der Waals surface area contributed by atoms with Crippen LogP contribution >= 0.6 is 0 Å². The molecule has 9 nitrogen and oxygen atoms in total. The van der Waals surface area contributed by atoms with Gasteiger partial charge in [0, 0.05) is 11.4 Å². The Morgan fingerprint density at radius 3 is 2.40 bits per heavy atom. The first-order chi connectivity index (χ1) is 21.7. The molecule has 2 bridgehead atoms. The number of nitrogens with zero attached hydrogens (tertiary/aromatic N) is 1. The van der Waals surface area contributed by atoms with Crippen LogP contribution in [0.2, 0.25) is 0 Å². The Balaban J connectivity index is 1.41. The molecule has 3 heterocycles. The number of benzene rings is 3. The van der Waals surface area contributed by atoms with Crippen LogP contribution in [0.1, 0.15) is 55.8 Å². The van der Waals surface area contributed by atoms with E-state index in [-0.39, 0.29) is 11.8 Å². The average molecular weight is 612 g/mol. The number of nitrogens with one attached hydrogen (secondary N) is 2. The van der Waals surface area contributed by atoms with E-state index in [0.717, 1.165) is 11.1 Å². The summed E-state index contributed by atoms with van der Waals surface area (Å²) in [6.07, 6.45) is 1.48. The molecular weight excluding hydrogens is 570 g/mol. The maximum absolute atomic E-state index is 14.7. The van der Waals surface area contributed by atoms with E-state index in [1.807, 2.05) is 76.2 Å². The van der Waals surface area contributed by atoms with Gasteiger partial charge in [-0.2, -0.15) is 0 Å². The summed E-state index contributed by atoms with van der Waals surface area (Å²) in [6, 6.07) is 20.3. The molecule has 3 N–H and O–H groups in total. The number of hydrogen-bond donors (Lipinski definition) is 3. The summed E-state index contributed by atoms with van der Waals surface area (Å²) in [5.74, 6) is -2.11. The van der Waals surface area contributed by atoms with E-state index in [9.17, 15) is 19.5 Å². The highest BCUT2D eigenvalue weighted by Gasteiger charge is 2.79. The third-order valence-electron chi connectivity index (χ3n) is 9.93. The molecular formula is C36H41N3O6. The fourth-order valence-corrected chi connectivity index (χ4v) is 7.81. The number of rotatable bonds is 10. The van der Waals surface area contributed by atoms with Gasteiger partial charge in [0.1, 0.15) is 17.4 Å². The largest absolute Gasteiger partial charge is 0.494 e. The molecule has 1 spiro atoms. The minimum Gasteiger partial charge on any atom is -0.494 e. The van der Waals surface area contributed by atoms with Gasteiger partial charge in [0.05, 0.1) is 36.7 Å². The van der Waals surface area contributed by atoms with E-state index in [1.54, 1.807) is 24.3 Å². The predicted molar refractivity (Wildman–Crippen MR) is 171 cm³/mol. The number of amides is 3. The number of carbonyl (C=O) groups is 3. The molecule has 3 aromatic carbocycles. The molecule has 45 heavy (non-hydrogen) atoms. The number of aliphatic hydroxyl groups excluding tert-OH is 1.